The minimum absolute atomic E-state index is 0.0212. The number of ether oxygens (including phenoxy) is 4. The number of hydrogen-bond acceptors (Lipinski definition) is 10. The fraction of sp³-hybridized carbons (Fsp3) is 0.350. The van der Waals surface area contributed by atoms with Crippen LogP contribution in [-0.4, -0.2) is 73.8 Å². The Kier molecular flexibility index (Phi) is 15.1. The zero-order valence-corrected chi connectivity index (χ0v) is 30.5. The van der Waals surface area contributed by atoms with Gasteiger partial charge in [-0.05, 0) is 85.4 Å². The van der Waals surface area contributed by atoms with E-state index >= 15 is 0 Å². The molecule has 0 spiro atoms. The van der Waals surface area contributed by atoms with Gasteiger partial charge in [-0.2, -0.15) is 13.2 Å². The molecule has 3 aromatic rings. The molecule has 1 saturated carbocycles. The number of carboxylic acids is 1. The van der Waals surface area contributed by atoms with Crippen molar-refractivity contribution in [3.05, 3.63) is 95.1 Å². The molecule has 1 fully saturated rings. The summed E-state index contributed by atoms with van der Waals surface area (Å²) in [6, 6.07) is 17.2. The van der Waals surface area contributed by atoms with Crippen molar-refractivity contribution in [2.24, 2.45) is 17.8 Å². The number of carbonyl (C=O) groups is 6. The first kappa shape index (κ1) is 42.6. The lowest BCUT2D eigenvalue weighted by Crippen LogP contribution is -2.38. The number of aliphatic carboxylic acids is 1. The van der Waals surface area contributed by atoms with E-state index < -0.39 is 72.6 Å². The molecule has 13 nitrogen and oxygen atoms in total. The van der Waals surface area contributed by atoms with Gasteiger partial charge in [0.1, 0.15) is 17.6 Å². The highest BCUT2D eigenvalue weighted by atomic mass is 19.4. The smallest absolute Gasteiger partial charge is 0.389 e. The summed E-state index contributed by atoms with van der Waals surface area (Å²) in [7, 11) is 1.40. The molecule has 1 aliphatic rings. The van der Waals surface area contributed by atoms with Crippen molar-refractivity contribution in [1.29, 1.82) is 0 Å². The van der Waals surface area contributed by atoms with Crippen molar-refractivity contribution in [3.63, 3.8) is 0 Å². The molecule has 0 heterocycles. The second-order valence-electron chi connectivity index (χ2n) is 13.0. The van der Waals surface area contributed by atoms with Crippen LogP contribution in [0.5, 0.6) is 11.5 Å². The molecule has 16 heteroatoms. The normalized spacial score (nSPS) is 17.8. The van der Waals surface area contributed by atoms with Gasteiger partial charge in [-0.15, -0.1) is 0 Å². The van der Waals surface area contributed by atoms with Crippen LogP contribution in [0, 0.1) is 24.7 Å². The number of carbonyl (C=O) groups excluding carboxylic acids is 5. The first-order valence-electron chi connectivity index (χ1n) is 17.6. The number of hydrogen-bond donors (Lipinski definition) is 3. The molecule has 0 bridgehead atoms. The zero-order chi connectivity index (χ0) is 40.8. The molecule has 298 valence electrons. The highest BCUT2D eigenvalue weighted by molar-refractivity contribution is 5.96. The number of esters is 2. The largest absolute Gasteiger partial charge is 0.494 e. The van der Waals surface area contributed by atoms with E-state index in [-0.39, 0.29) is 50.3 Å². The van der Waals surface area contributed by atoms with E-state index in [1.807, 2.05) is 6.92 Å². The van der Waals surface area contributed by atoms with Crippen molar-refractivity contribution in [1.82, 2.24) is 5.32 Å². The Labute approximate surface area is 320 Å². The van der Waals surface area contributed by atoms with Crippen molar-refractivity contribution < 1.29 is 66.0 Å². The van der Waals surface area contributed by atoms with Crippen LogP contribution in [0.1, 0.15) is 52.7 Å². The Balaban J connectivity index is 1.29. The fourth-order valence-electron chi connectivity index (χ4n) is 6.33. The Morgan fingerprint density at radius 1 is 0.929 bits per heavy atom. The maximum Gasteiger partial charge on any atom is 0.389 e. The van der Waals surface area contributed by atoms with E-state index in [2.05, 4.69) is 10.6 Å². The average Bonchev–Trinajstić information content (AvgIpc) is 3.50. The predicted octanol–water partition coefficient (Wildman–Crippen LogP) is 5.69. The second-order valence-corrected chi connectivity index (χ2v) is 13.0. The number of benzene rings is 3. The maximum absolute atomic E-state index is 13.6. The van der Waals surface area contributed by atoms with Gasteiger partial charge in [0.05, 0.1) is 24.7 Å². The summed E-state index contributed by atoms with van der Waals surface area (Å²) in [5.41, 5.74) is 2.65. The van der Waals surface area contributed by atoms with Crippen LogP contribution in [0.3, 0.4) is 0 Å². The molecule has 56 heavy (non-hydrogen) atoms. The summed E-state index contributed by atoms with van der Waals surface area (Å²) in [5, 5.41) is 14.8. The van der Waals surface area contributed by atoms with Crippen molar-refractivity contribution in [2.75, 3.05) is 25.6 Å². The zero-order valence-electron chi connectivity index (χ0n) is 30.5. The molecular formula is C40H41F3N2O11. The van der Waals surface area contributed by atoms with Gasteiger partial charge in [-0.25, -0.2) is 9.59 Å². The molecule has 0 aliphatic heterocycles. The number of nitrogens with one attached hydrogen (secondary N) is 2. The predicted molar refractivity (Wildman–Crippen MR) is 194 cm³/mol. The van der Waals surface area contributed by atoms with Crippen molar-refractivity contribution >= 4 is 48.0 Å². The Morgan fingerprint density at radius 3 is 2.27 bits per heavy atom. The Hall–Kier alpha value is -6.19. The highest BCUT2D eigenvalue weighted by Gasteiger charge is 2.51. The van der Waals surface area contributed by atoms with Crippen LogP contribution >= 0.6 is 0 Å². The molecule has 4 atom stereocenters. The number of rotatable bonds is 18. The molecule has 0 saturated heterocycles. The topological polar surface area (TPSA) is 184 Å². The van der Waals surface area contributed by atoms with Gasteiger partial charge in [-0.1, -0.05) is 29.8 Å². The molecular weight excluding hydrogens is 741 g/mol. The van der Waals surface area contributed by atoms with E-state index in [9.17, 15) is 47.0 Å². The molecule has 0 aromatic heterocycles. The number of aryl methyl sites for hydroxylation is 1. The van der Waals surface area contributed by atoms with E-state index in [0.29, 0.717) is 22.6 Å². The van der Waals surface area contributed by atoms with Gasteiger partial charge in [0, 0.05) is 44.0 Å². The van der Waals surface area contributed by atoms with Crippen molar-refractivity contribution in [2.45, 2.75) is 51.3 Å². The van der Waals surface area contributed by atoms with Crippen LogP contribution in [-0.2, 0) is 39.9 Å². The number of anilines is 1. The standard InChI is InChI=1S/C40H41F3N2O11/c1-24-4-14-32(45-38(51)36-30(22-34(47)48)31(37(50)44-2)21-33(36)55-23-46)27(20-24)16-19-54-35(49)15-7-25-5-10-29(11-6-25)56-39(52)26-8-12-28(13-9-26)53-18-3-17-40(41,42)43/h4-15,20,23,30-31,33,36H,3,16-19,21-22H2,1-2H3,(H,44,50)(H,45,51)(H,47,48)/b15-7+. The van der Waals surface area contributed by atoms with Gasteiger partial charge in [0.2, 0.25) is 11.8 Å². The van der Waals surface area contributed by atoms with Crippen LogP contribution in [0.25, 0.3) is 6.08 Å². The van der Waals surface area contributed by atoms with Crippen LogP contribution in [0.2, 0.25) is 0 Å². The number of alkyl halides is 3. The third kappa shape index (κ3) is 12.7. The minimum Gasteiger partial charge on any atom is -0.494 e. The molecule has 2 amide bonds. The summed E-state index contributed by atoms with van der Waals surface area (Å²) < 4.78 is 58.0. The van der Waals surface area contributed by atoms with Gasteiger partial charge in [0.25, 0.3) is 6.47 Å². The minimum atomic E-state index is -4.25. The highest BCUT2D eigenvalue weighted by Crippen LogP contribution is 2.42. The first-order chi connectivity index (χ1) is 26.7. The number of carboxylic acid groups (broad SMARTS) is 1. The summed E-state index contributed by atoms with van der Waals surface area (Å²) >= 11 is 0. The van der Waals surface area contributed by atoms with Gasteiger partial charge in [0.15, 0.2) is 0 Å². The third-order valence-electron chi connectivity index (χ3n) is 8.99. The van der Waals surface area contributed by atoms with E-state index in [4.69, 9.17) is 18.9 Å². The van der Waals surface area contributed by atoms with Crippen LogP contribution in [0.4, 0.5) is 18.9 Å². The molecule has 1 aliphatic carbocycles. The quantitative estimate of drug-likeness (QED) is 0.0474. The molecule has 3 aromatic carbocycles. The Bertz CT molecular complexity index is 1900. The summed E-state index contributed by atoms with van der Waals surface area (Å²) in [4.78, 5) is 74.2. The van der Waals surface area contributed by atoms with Crippen LogP contribution in [0.15, 0.2) is 72.8 Å². The van der Waals surface area contributed by atoms with Crippen molar-refractivity contribution in [3.8, 4) is 11.5 Å². The average molecular weight is 783 g/mol. The van der Waals surface area contributed by atoms with E-state index in [1.54, 1.807) is 30.3 Å². The fourth-order valence-corrected chi connectivity index (χ4v) is 6.33. The first-order valence-corrected chi connectivity index (χ1v) is 17.6. The van der Waals surface area contributed by atoms with Gasteiger partial charge < -0.3 is 34.7 Å². The lowest BCUT2D eigenvalue weighted by atomic mass is 9.85. The molecule has 3 N–H and O–H groups in total. The maximum atomic E-state index is 13.6. The van der Waals surface area contributed by atoms with Gasteiger partial charge >= 0.3 is 24.1 Å². The van der Waals surface area contributed by atoms with E-state index in [1.165, 1.54) is 55.6 Å². The number of halogens is 3. The van der Waals surface area contributed by atoms with Gasteiger partial charge in [-0.3, -0.25) is 19.2 Å². The van der Waals surface area contributed by atoms with Crippen LogP contribution < -0.4 is 20.1 Å². The third-order valence-corrected chi connectivity index (χ3v) is 8.99. The molecule has 4 unspecified atom stereocenters. The Morgan fingerprint density at radius 2 is 1.62 bits per heavy atom. The molecule has 0 radical (unpaired) electrons. The summed E-state index contributed by atoms with van der Waals surface area (Å²) in [6.45, 7) is 1.83. The monoisotopic (exact) mass is 782 g/mol. The second kappa shape index (κ2) is 19.9. The number of amides is 2. The summed E-state index contributed by atoms with van der Waals surface area (Å²) in [5.74, 6) is -5.99. The van der Waals surface area contributed by atoms with E-state index in [0.717, 1.165) is 5.56 Å². The molecule has 4 rings (SSSR count). The summed E-state index contributed by atoms with van der Waals surface area (Å²) in [6.07, 6.45) is -4.01. The lowest BCUT2D eigenvalue weighted by molar-refractivity contribution is -0.141. The lowest BCUT2D eigenvalue weighted by Gasteiger charge is -2.24. The SMILES string of the molecule is CNC(=O)C1CC(OC=O)C(C(=O)Nc2ccc(C)cc2CCOC(=O)/C=C/c2ccc(OC(=O)c3ccc(OCCCC(F)(F)F)cc3)cc2)C1CC(=O)O.